The maximum Gasteiger partial charge on any atom is 0.230 e. The van der Waals surface area contributed by atoms with Crippen LogP contribution in [0.1, 0.15) is 23.9 Å². The molecule has 0 spiro atoms. The van der Waals surface area contributed by atoms with Crippen molar-refractivity contribution < 1.29 is 13.2 Å². The molecule has 0 aliphatic heterocycles. The monoisotopic (exact) mass is 412 g/mol. The number of primary sulfonamides is 1. The molecule has 0 saturated carbocycles. The zero-order chi connectivity index (χ0) is 20.5. The maximum absolute atomic E-state index is 13.1. The van der Waals surface area contributed by atoms with E-state index in [4.69, 9.17) is 9.88 Å². The number of nitrogens with two attached hydrogens (primary N) is 1. The summed E-state index contributed by atoms with van der Waals surface area (Å²) in [6.07, 6.45) is 6.70. The Balaban J connectivity index is 2.11. The standard InChI is InChI=1S/C17H16N8O3S/c1-2-28-14-5-3-4-12(24-14)17(29(18,26)27,11-6-19-9-20-7-11)13-8-21-15-16(25-13)23-10-22-15/h3-10H,2H2,1H3,(H2,18,26,27)(H,21,22,23,25). The fourth-order valence-electron chi connectivity index (χ4n) is 3.10. The van der Waals surface area contributed by atoms with Gasteiger partial charge in [-0.1, -0.05) is 6.07 Å². The van der Waals surface area contributed by atoms with Crippen LogP contribution in [0.25, 0.3) is 11.3 Å². The van der Waals surface area contributed by atoms with E-state index in [-0.39, 0.29) is 22.8 Å². The number of rotatable bonds is 6. The molecule has 0 fully saturated rings. The molecule has 11 nitrogen and oxygen atoms in total. The van der Waals surface area contributed by atoms with Crippen LogP contribution in [0.3, 0.4) is 0 Å². The van der Waals surface area contributed by atoms with Gasteiger partial charge in [-0.25, -0.2) is 43.5 Å². The van der Waals surface area contributed by atoms with Crippen LogP contribution in [0.15, 0.2) is 49.4 Å². The number of aromatic amines is 1. The third-order valence-corrected chi connectivity index (χ3v) is 5.78. The normalized spacial score (nSPS) is 13.9. The minimum atomic E-state index is -4.40. The van der Waals surface area contributed by atoms with E-state index in [0.717, 1.165) is 0 Å². The molecule has 0 aliphatic rings. The third kappa shape index (κ3) is 3.07. The molecule has 1 atom stereocenters. The van der Waals surface area contributed by atoms with Gasteiger partial charge in [0.2, 0.25) is 15.9 Å². The van der Waals surface area contributed by atoms with Crippen LogP contribution in [0.4, 0.5) is 0 Å². The molecule has 0 bridgehead atoms. The second kappa shape index (κ2) is 7.14. The van der Waals surface area contributed by atoms with Gasteiger partial charge in [0.25, 0.3) is 0 Å². The minimum Gasteiger partial charge on any atom is -0.478 e. The van der Waals surface area contributed by atoms with Crippen LogP contribution in [-0.4, -0.2) is 49.9 Å². The molecule has 1 unspecified atom stereocenters. The summed E-state index contributed by atoms with van der Waals surface area (Å²) < 4.78 is 29.7. The number of sulfonamides is 1. The number of pyridine rings is 1. The molecular formula is C17H16N8O3S. The average molecular weight is 412 g/mol. The quantitative estimate of drug-likeness (QED) is 0.459. The van der Waals surface area contributed by atoms with Crippen molar-refractivity contribution >= 4 is 21.3 Å². The van der Waals surface area contributed by atoms with Crippen LogP contribution < -0.4 is 9.88 Å². The van der Waals surface area contributed by atoms with Gasteiger partial charge < -0.3 is 9.72 Å². The van der Waals surface area contributed by atoms with Crippen LogP contribution in [-0.2, 0) is 14.8 Å². The fraction of sp³-hybridized carbons (Fsp3) is 0.176. The van der Waals surface area contributed by atoms with Crippen molar-refractivity contribution in [1.82, 2.24) is 34.9 Å². The lowest BCUT2D eigenvalue weighted by molar-refractivity contribution is 0.325. The summed E-state index contributed by atoms with van der Waals surface area (Å²) in [6.45, 7) is 2.15. The molecule has 0 saturated heterocycles. The minimum absolute atomic E-state index is 0.0210. The molecule has 0 aliphatic carbocycles. The summed E-state index contributed by atoms with van der Waals surface area (Å²) in [5, 5.41) is 5.80. The predicted molar refractivity (Wildman–Crippen MR) is 102 cm³/mol. The number of H-pyrrole nitrogens is 1. The fourth-order valence-corrected chi connectivity index (χ4v) is 4.33. The Morgan fingerprint density at radius 1 is 1.10 bits per heavy atom. The molecule has 4 rings (SSSR count). The average Bonchev–Trinajstić information content (AvgIpc) is 3.17. The van der Waals surface area contributed by atoms with Gasteiger partial charge in [0.15, 0.2) is 16.0 Å². The molecule has 0 amide bonds. The first-order valence-electron chi connectivity index (χ1n) is 8.51. The number of ether oxygens (including phenoxy) is 1. The number of hydrogen-bond acceptors (Lipinski definition) is 9. The highest BCUT2D eigenvalue weighted by Gasteiger charge is 2.51. The summed E-state index contributed by atoms with van der Waals surface area (Å²) >= 11 is 0. The Hall–Kier alpha value is -3.51. The topological polar surface area (TPSA) is 163 Å². The molecule has 29 heavy (non-hydrogen) atoms. The number of hydrogen-bond donors (Lipinski definition) is 2. The van der Waals surface area contributed by atoms with Gasteiger partial charge in [-0.2, -0.15) is 0 Å². The van der Waals surface area contributed by atoms with E-state index in [0.29, 0.717) is 17.9 Å². The van der Waals surface area contributed by atoms with Crippen LogP contribution in [0, 0.1) is 0 Å². The number of fused-ring (bicyclic) bond motifs is 1. The van der Waals surface area contributed by atoms with Crippen molar-refractivity contribution in [2.45, 2.75) is 11.7 Å². The van der Waals surface area contributed by atoms with Crippen molar-refractivity contribution in [2.75, 3.05) is 6.61 Å². The first kappa shape index (κ1) is 18.8. The smallest absolute Gasteiger partial charge is 0.230 e. The van der Waals surface area contributed by atoms with Gasteiger partial charge >= 0.3 is 0 Å². The molecule has 4 heterocycles. The Morgan fingerprint density at radius 3 is 2.62 bits per heavy atom. The second-order valence-electron chi connectivity index (χ2n) is 5.98. The Kier molecular flexibility index (Phi) is 4.64. The van der Waals surface area contributed by atoms with Crippen molar-refractivity contribution in [3.05, 3.63) is 66.4 Å². The second-order valence-corrected chi connectivity index (χ2v) is 7.68. The van der Waals surface area contributed by atoms with Crippen molar-refractivity contribution in [1.29, 1.82) is 0 Å². The van der Waals surface area contributed by atoms with Gasteiger partial charge in [0.05, 0.1) is 30.5 Å². The Morgan fingerprint density at radius 2 is 1.90 bits per heavy atom. The molecule has 0 aromatic carbocycles. The molecule has 148 valence electrons. The molecule has 12 heteroatoms. The van der Waals surface area contributed by atoms with Crippen LogP contribution in [0.2, 0.25) is 0 Å². The predicted octanol–water partition coefficient (Wildman–Crippen LogP) is 0.517. The zero-order valence-corrected chi connectivity index (χ0v) is 16.0. The van der Waals surface area contributed by atoms with Crippen molar-refractivity contribution in [3.8, 4) is 5.88 Å². The van der Waals surface area contributed by atoms with Gasteiger partial charge in [0, 0.05) is 24.0 Å². The van der Waals surface area contributed by atoms with Crippen LogP contribution in [0.5, 0.6) is 5.88 Å². The molecule has 0 radical (unpaired) electrons. The van der Waals surface area contributed by atoms with Gasteiger partial charge in [-0.3, -0.25) is 0 Å². The largest absolute Gasteiger partial charge is 0.478 e. The summed E-state index contributed by atoms with van der Waals surface area (Å²) in [7, 11) is -4.40. The first-order valence-corrected chi connectivity index (χ1v) is 10.1. The van der Waals surface area contributed by atoms with E-state index < -0.39 is 14.8 Å². The number of aromatic nitrogens is 7. The SMILES string of the molecule is CCOc1cccc(C(c2cncnc2)(c2cnc3nc[nH]c3n2)S(N)(=O)=O)n1. The van der Waals surface area contributed by atoms with E-state index in [1.165, 1.54) is 37.3 Å². The lowest BCUT2D eigenvalue weighted by Gasteiger charge is -2.30. The summed E-state index contributed by atoms with van der Waals surface area (Å²) in [5.41, 5.74) is 0.893. The van der Waals surface area contributed by atoms with E-state index in [1.807, 2.05) is 0 Å². The highest BCUT2D eigenvalue weighted by Crippen LogP contribution is 2.41. The molecule has 4 aromatic rings. The third-order valence-electron chi connectivity index (χ3n) is 4.27. The van der Waals surface area contributed by atoms with Crippen molar-refractivity contribution in [3.63, 3.8) is 0 Å². The lowest BCUT2D eigenvalue weighted by Crippen LogP contribution is -2.44. The summed E-state index contributed by atoms with van der Waals surface area (Å²) in [4.78, 5) is 27.8. The van der Waals surface area contributed by atoms with E-state index in [2.05, 4.69) is 34.9 Å². The van der Waals surface area contributed by atoms with Gasteiger partial charge in [-0.15, -0.1) is 0 Å². The van der Waals surface area contributed by atoms with E-state index in [9.17, 15) is 8.42 Å². The lowest BCUT2D eigenvalue weighted by atomic mass is 9.93. The highest BCUT2D eigenvalue weighted by molar-refractivity contribution is 7.90. The maximum atomic E-state index is 13.1. The molecule has 4 aromatic heterocycles. The molecule has 3 N–H and O–H groups in total. The first-order chi connectivity index (χ1) is 14.0. The van der Waals surface area contributed by atoms with Crippen molar-refractivity contribution in [2.24, 2.45) is 5.14 Å². The highest BCUT2D eigenvalue weighted by atomic mass is 32.2. The Bertz CT molecular complexity index is 1260. The zero-order valence-electron chi connectivity index (χ0n) is 15.2. The summed E-state index contributed by atoms with van der Waals surface area (Å²) in [6, 6.07) is 4.77. The van der Waals surface area contributed by atoms with E-state index >= 15 is 0 Å². The Labute approximate surface area is 165 Å². The number of nitrogens with one attached hydrogen (secondary N) is 1. The number of nitrogens with zero attached hydrogens (tertiary/aromatic N) is 6. The molecular weight excluding hydrogens is 396 g/mol. The summed E-state index contributed by atoms with van der Waals surface area (Å²) in [5.74, 6) is 0.241. The van der Waals surface area contributed by atoms with E-state index in [1.54, 1.807) is 19.1 Å². The van der Waals surface area contributed by atoms with Crippen LogP contribution >= 0.6 is 0 Å². The number of imidazole rings is 1. The van der Waals surface area contributed by atoms with Gasteiger partial charge in [0.1, 0.15) is 6.33 Å². The van der Waals surface area contributed by atoms with Gasteiger partial charge in [-0.05, 0) is 13.0 Å².